The number of aromatic carboxylic acids is 1. The van der Waals surface area contributed by atoms with Crippen LogP contribution in [0.25, 0.3) is 0 Å². The Bertz CT molecular complexity index is 451. The van der Waals surface area contributed by atoms with Crippen molar-refractivity contribution in [3.63, 3.8) is 0 Å². The molecule has 0 spiro atoms. The molecule has 0 radical (unpaired) electrons. The maximum Gasteiger partial charge on any atom is 0.356 e. The van der Waals surface area contributed by atoms with E-state index >= 15 is 0 Å². The Balaban J connectivity index is 3.06. The number of rotatable bonds is 3. The molecule has 1 amide bonds. The lowest BCUT2D eigenvalue weighted by atomic mass is 10.4. The van der Waals surface area contributed by atoms with Gasteiger partial charge in [-0.15, -0.1) is 0 Å². The van der Waals surface area contributed by atoms with Gasteiger partial charge in [0.25, 0.3) is 5.56 Å². The third-order valence-electron chi connectivity index (χ3n) is 1.66. The van der Waals surface area contributed by atoms with Crippen molar-refractivity contribution in [3.8, 4) is 0 Å². The van der Waals surface area contributed by atoms with Crippen molar-refractivity contribution in [1.82, 2.24) is 15.1 Å². The SMILES string of the molecule is CNC(=O)Cn1nc(C(=O)O)ccc1=O. The number of nitrogens with zero attached hydrogens (tertiary/aromatic N) is 2. The summed E-state index contributed by atoms with van der Waals surface area (Å²) >= 11 is 0. The molecule has 15 heavy (non-hydrogen) atoms. The average Bonchev–Trinajstić information content (AvgIpc) is 2.20. The molecule has 0 bridgehead atoms. The lowest BCUT2D eigenvalue weighted by Crippen LogP contribution is -2.32. The second kappa shape index (κ2) is 4.36. The largest absolute Gasteiger partial charge is 0.476 e. The summed E-state index contributed by atoms with van der Waals surface area (Å²) in [4.78, 5) is 32.7. The Kier molecular flexibility index (Phi) is 3.17. The topological polar surface area (TPSA) is 101 Å². The van der Waals surface area contributed by atoms with Gasteiger partial charge in [-0.2, -0.15) is 5.10 Å². The van der Waals surface area contributed by atoms with E-state index in [0.717, 1.165) is 16.8 Å². The first kappa shape index (κ1) is 10.9. The molecule has 0 aliphatic heterocycles. The van der Waals surface area contributed by atoms with E-state index in [2.05, 4.69) is 10.4 Å². The van der Waals surface area contributed by atoms with Gasteiger partial charge in [0.15, 0.2) is 5.69 Å². The monoisotopic (exact) mass is 211 g/mol. The van der Waals surface area contributed by atoms with Crippen molar-refractivity contribution in [3.05, 3.63) is 28.2 Å². The summed E-state index contributed by atoms with van der Waals surface area (Å²) in [5.74, 6) is -1.67. The second-order valence-electron chi connectivity index (χ2n) is 2.69. The molecule has 0 atom stereocenters. The molecule has 0 fully saturated rings. The van der Waals surface area contributed by atoms with Gasteiger partial charge in [0.1, 0.15) is 6.54 Å². The van der Waals surface area contributed by atoms with Crippen LogP contribution < -0.4 is 10.9 Å². The summed E-state index contributed by atoms with van der Waals surface area (Å²) in [6, 6.07) is 2.14. The van der Waals surface area contributed by atoms with Gasteiger partial charge in [0.2, 0.25) is 5.91 Å². The summed E-state index contributed by atoms with van der Waals surface area (Å²) < 4.78 is 0.794. The predicted molar refractivity (Wildman–Crippen MR) is 49.5 cm³/mol. The van der Waals surface area contributed by atoms with Crippen LogP contribution in [0.3, 0.4) is 0 Å². The van der Waals surface area contributed by atoms with Gasteiger partial charge in [-0.25, -0.2) is 9.48 Å². The number of carboxylic acid groups (broad SMARTS) is 1. The van der Waals surface area contributed by atoms with Gasteiger partial charge in [-0.1, -0.05) is 0 Å². The molecular weight excluding hydrogens is 202 g/mol. The molecule has 1 aromatic heterocycles. The summed E-state index contributed by atoms with van der Waals surface area (Å²) in [5, 5.41) is 14.4. The predicted octanol–water partition coefficient (Wildman–Crippen LogP) is -1.31. The molecule has 1 aromatic rings. The van der Waals surface area contributed by atoms with Crippen LogP contribution >= 0.6 is 0 Å². The number of hydrogen-bond donors (Lipinski definition) is 2. The third-order valence-corrected chi connectivity index (χ3v) is 1.66. The molecule has 0 aliphatic carbocycles. The van der Waals surface area contributed by atoms with Crippen molar-refractivity contribution in [2.45, 2.75) is 6.54 Å². The number of nitrogens with one attached hydrogen (secondary N) is 1. The van der Waals surface area contributed by atoms with Crippen molar-refractivity contribution in [2.24, 2.45) is 0 Å². The number of carboxylic acids is 1. The highest BCUT2D eigenvalue weighted by atomic mass is 16.4. The van der Waals surface area contributed by atoms with Crippen LogP contribution in [0.2, 0.25) is 0 Å². The minimum absolute atomic E-state index is 0.279. The molecule has 7 nitrogen and oxygen atoms in total. The average molecular weight is 211 g/mol. The highest BCUT2D eigenvalue weighted by molar-refractivity contribution is 5.85. The van der Waals surface area contributed by atoms with E-state index in [4.69, 9.17) is 5.11 Å². The normalized spacial score (nSPS) is 9.67. The lowest BCUT2D eigenvalue weighted by molar-refractivity contribution is -0.121. The summed E-state index contributed by atoms with van der Waals surface area (Å²) in [7, 11) is 1.41. The van der Waals surface area contributed by atoms with E-state index in [1.165, 1.54) is 7.05 Å². The zero-order valence-corrected chi connectivity index (χ0v) is 7.93. The number of aromatic nitrogens is 2. The van der Waals surface area contributed by atoms with Crippen LogP contribution in [-0.4, -0.2) is 33.8 Å². The fraction of sp³-hybridized carbons (Fsp3) is 0.250. The molecule has 1 heterocycles. The number of hydrogen-bond acceptors (Lipinski definition) is 4. The van der Waals surface area contributed by atoms with Gasteiger partial charge in [-0.3, -0.25) is 9.59 Å². The lowest BCUT2D eigenvalue weighted by Gasteiger charge is -2.03. The van der Waals surface area contributed by atoms with E-state index in [0.29, 0.717) is 0 Å². The quantitative estimate of drug-likeness (QED) is 0.646. The number of carbonyl (C=O) groups is 2. The van der Waals surface area contributed by atoms with Gasteiger partial charge in [0, 0.05) is 13.1 Å². The van der Waals surface area contributed by atoms with E-state index < -0.39 is 17.4 Å². The second-order valence-corrected chi connectivity index (χ2v) is 2.69. The zero-order chi connectivity index (χ0) is 11.4. The Labute approximate surface area is 84.3 Å². The maximum absolute atomic E-state index is 11.2. The molecule has 7 heteroatoms. The van der Waals surface area contributed by atoms with Crippen molar-refractivity contribution in [2.75, 3.05) is 7.05 Å². The fourth-order valence-corrected chi connectivity index (χ4v) is 0.891. The number of amides is 1. The van der Waals surface area contributed by atoms with Crippen LogP contribution in [0.15, 0.2) is 16.9 Å². The highest BCUT2D eigenvalue weighted by Crippen LogP contribution is 1.89. The Morgan fingerprint density at radius 1 is 1.53 bits per heavy atom. The first-order valence-corrected chi connectivity index (χ1v) is 4.06. The van der Waals surface area contributed by atoms with E-state index in [1.54, 1.807) is 0 Å². The van der Waals surface area contributed by atoms with Crippen molar-refractivity contribution < 1.29 is 14.7 Å². The summed E-state index contributed by atoms with van der Waals surface area (Å²) in [6.07, 6.45) is 0. The van der Waals surface area contributed by atoms with Crippen LogP contribution in [0.4, 0.5) is 0 Å². The summed E-state index contributed by atoms with van der Waals surface area (Å²) in [6.45, 7) is -0.295. The fourth-order valence-electron chi connectivity index (χ4n) is 0.891. The van der Waals surface area contributed by atoms with Crippen LogP contribution in [-0.2, 0) is 11.3 Å². The van der Waals surface area contributed by atoms with Gasteiger partial charge >= 0.3 is 5.97 Å². The molecule has 0 aromatic carbocycles. The van der Waals surface area contributed by atoms with E-state index in [9.17, 15) is 14.4 Å². The highest BCUT2D eigenvalue weighted by Gasteiger charge is 2.08. The maximum atomic E-state index is 11.2. The number of likely N-dealkylation sites (N-methyl/N-ethyl adjacent to an activating group) is 1. The van der Waals surface area contributed by atoms with Crippen molar-refractivity contribution in [1.29, 1.82) is 0 Å². The van der Waals surface area contributed by atoms with Crippen LogP contribution in [0, 0.1) is 0 Å². The van der Waals surface area contributed by atoms with Crippen molar-refractivity contribution >= 4 is 11.9 Å². The first-order valence-electron chi connectivity index (χ1n) is 4.06. The molecule has 0 aliphatic rings. The van der Waals surface area contributed by atoms with E-state index in [-0.39, 0.29) is 12.2 Å². The Morgan fingerprint density at radius 2 is 2.20 bits per heavy atom. The third kappa shape index (κ3) is 2.63. The standard InChI is InChI=1S/C8H9N3O4/c1-9-6(12)4-11-7(13)3-2-5(10-11)8(14)15/h2-3H,4H2,1H3,(H,9,12)(H,14,15). The van der Waals surface area contributed by atoms with Gasteiger partial charge in [0.05, 0.1) is 0 Å². The molecule has 0 saturated carbocycles. The minimum Gasteiger partial charge on any atom is -0.476 e. The molecule has 0 unspecified atom stereocenters. The first-order chi connectivity index (χ1) is 7.04. The number of carbonyl (C=O) groups excluding carboxylic acids is 1. The van der Waals surface area contributed by atoms with Crippen LogP contribution in [0.5, 0.6) is 0 Å². The van der Waals surface area contributed by atoms with Gasteiger partial charge < -0.3 is 10.4 Å². The molecule has 2 N–H and O–H groups in total. The van der Waals surface area contributed by atoms with Gasteiger partial charge in [-0.05, 0) is 6.07 Å². The molecule has 1 rings (SSSR count). The molecular formula is C8H9N3O4. The summed E-state index contributed by atoms with van der Waals surface area (Å²) in [5.41, 5.74) is -0.804. The minimum atomic E-state index is -1.25. The Hall–Kier alpha value is -2.18. The Morgan fingerprint density at radius 3 is 2.73 bits per heavy atom. The van der Waals surface area contributed by atoms with E-state index in [1.807, 2.05) is 0 Å². The smallest absolute Gasteiger partial charge is 0.356 e. The zero-order valence-electron chi connectivity index (χ0n) is 7.93. The molecule has 80 valence electrons. The van der Waals surface area contributed by atoms with Crippen LogP contribution in [0.1, 0.15) is 10.5 Å². The molecule has 0 saturated heterocycles.